The Morgan fingerprint density at radius 1 is 1.43 bits per heavy atom. The molecule has 0 aliphatic rings. The molecule has 21 heavy (non-hydrogen) atoms. The quantitative estimate of drug-likeness (QED) is 0.746. The molecular weight excluding hydrogens is 380 g/mol. The Labute approximate surface area is 135 Å². The van der Waals surface area contributed by atoms with E-state index in [9.17, 15) is 17.4 Å². The molecule has 0 aromatic heterocycles. The summed E-state index contributed by atoms with van der Waals surface area (Å²) >= 11 is 3.15. The number of sulfonamides is 1. The molecule has 2 unspecified atom stereocenters. The van der Waals surface area contributed by atoms with Crippen LogP contribution < -0.4 is 10.5 Å². The van der Waals surface area contributed by atoms with E-state index in [-0.39, 0.29) is 16.5 Å². The Morgan fingerprint density at radius 3 is 2.57 bits per heavy atom. The van der Waals surface area contributed by atoms with Gasteiger partial charge in [-0.3, -0.25) is 9.00 Å². The summed E-state index contributed by atoms with van der Waals surface area (Å²) in [5, 5.41) is 7.79. The second-order valence-corrected chi connectivity index (χ2v) is 8.69. The van der Waals surface area contributed by atoms with Crippen LogP contribution in [0.1, 0.15) is 23.7 Å². The minimum absolute atomic E-state index is 0.135. The van der Waals surface area contributed by atoms with Crippen molar-refractivity contribution in [3.63, 3.8) is 0 Å². The third-order valence-electron chi connectivity index (χ3n) is 2.68. The van der Waals surface area contributed by atoms with E-state index in [1.165, 1.54) is 18.2 Å². The molecule has 3 N–H and O–H groups in total. The maximum Gasteiger partial charge on any atom is 0.251 e. The van der Waals surface area contributed by atoms with Gasteiger partial charge in [0.15, 0.2) is 0 Å². The predicted octanol–water partition coefficient (Wildman–Crippen LogP) is 0.983. The van der Waals surface area contributed by atoms with Crippen molar-refractivity contribution in [2.45, 2.75) is 24.3 Å². The highest BCUT2D eigenvalue weighted by molar-refractivity contribution is 9.10. The van der Waals surface area contributed by atoms with E-state index in [0.717, 1.165) is 0 Å². The zero-order valence-corrected chi connectivity index (χ0v) is 14.8. The van der Waals surface area contributed by atoms with Crippen LogP contribution in [-0.4, -0.2) is 36.6 Å². The molecule has 1 rings (SSSR count). The number of halogens is 1. The average molecular weight is 397 g/mol. The molecule has 0 spiro atoms. The first-order valence-electron chi connectivity index (χ1n) is 6.04. The Hall–Kier alpha value is -0.770. The molecule has 9 heteroatoms. The van der Waals surface area contributed by atoms with E-state index in [4.69, 9.17) is 5.14 Å². The van der Waals surface area contributed by atoms with Crippen molar-refractivity contribution in [2.24, 2.45) is 5.14 Å². The molecular formula is C12H17BrN2O4S2. The molecule has 0 heterocycles. The van der Waals surface area contributed by atoms with Crippen LogP contribution in [0.15, 0.2) is 27.6 Å². The van der Waals surface area contributed by atoms with E-state index in [1.54, 1.807) is 13.2 Å². The summed E-state index contributed by atoms with van der Waals surface area (Å²) in [7, 11) is -4.80. The smallest absolute Gasteiger partial charge is 0.251 e. The first-order valence-corrected chi connectivity index (χ1v) is 10.1. The fourth-order valence-electron chi connectivity index (χ4n) is 1.58. The number of hydrogen-bond acceptors (Lipinski definition) is 4. The van der Waals surface area contributed by atoms with Crippen LogP contribution in [0.3, 0.4) is 0 Å². The number of carbonyl (C=O) groups is 1. The van der Waals surface area contributed by atoms with Crippen molar-refractivity contribution in [2.75, 3.05) is 12.0 Å². The van der Waals surface area contributed by atoms with Crippen LogP contribution in [0.5, 0.6) is 0 Å². The highest BCUT2D eigenvalue weighted by Gasteiger charge is 2.15. The molecule has 0 fully saturated rings. The number of carbonyl (C=O) groups excluding carboxylic acids is 1. The normalized spacial score (nSPS) is 14.5. The molecule has 0 saturated heterocycles. The molecule has 0 bridgehead atoms. The second-order valence-electron chi connectivity index (χ2n) is 4.66. The van der Waals surface area contributed by atoms with Gasteiger partial charge >= 0.3 is 0 Å². The van der Waals surface area contributed by atoms with Crippen LogP contribution in [0.4, 0.5) is 0 Å². The van der Waals surface area contributed by atoms with Crippen molar-refractivity contribution in [3.05, 3.63) is 28.2 Å². The molecule has 118 valence electrons. The molecule has 1 aromatic rings. The molecule has 0 aliphatic carbocycles. The molecule has 0 aliphatic heterocycles. The molecule has 0 radical (unpaired) electrons. The van der Waals surface area contributed by atoms with E-state index in [1.807, 2.05) is 0 Å². The number of nitrogens with one attached hydrogen (secondary N) is 1. The summed E-state index contributed by atoms with van der Waals surface area (Å²) in [6, 6.07) is 3.89. The Balaban J connectivity index is 2.88. The van der Waals surface area contributed by atoms with E-state index in [0.29, 0.717) is 16.6 Å². The second kappa shape index (κ2) is 7.48. The van der Waals surface area contributed by atoms with Gasteiger partial charge < -0.3 is 5.32 Å². The van der Waals surface area contributed by atoms with E-state index in [2.05, 4.69) is 21.2 Å². The van der Waals surface area contributed by atoms with Crippen molar-refractivity contribution < 1.29 is 17.4 Å². The zero-order valence-electron chi connectivity index (χ0n) is 11.6. The number of benzene rings is 1. The van der Waals surface area contributed by atoms with Gasteiger partial charge in [0, 0.05) is 38.9 Å². The third-order valence-corrected chi connectivity index (χ3v) is 4.84. The summed E-state index contributed by atoms with van der Waals surface area (Å²) in [6.45, 7) is 1.79. The van der Waals surface area contributed by atoms with Crippen LogP contribution in [0.2, 0.25) is 0 Å². The minimum atomic E-state index is -3.88. The van der Waals surface area contributed by atoms with Crippen LogP contribution in [0.25, 0.3) is 0 Å². The topological polar surface area (TPSA) is 106 Å². The van der Waals surface area contributed by atoms with Crippen LogP contribution in [-0.2, 0) is 20.8 Å². The fourth-order valence-corrected chi connectivity index (χ4v) is 3.49. The summed E-state index contributed by atoms with van der Waals surface area (Å²) in [6.07, 6.45) is 2.17. The zero-order chi connectivity index (χ0) is 16.2. The SMILES string of the molecule is CC(CCS(C)=O)NC(=O)c1cc(Br)cc(S(N)(=O)=O)c1. The van der Waals surface area contributed by atoms with Crippen molar-refractivity contribution in [3.8, 4) is 0 Å². The molecule has 1 amide bonds. The number of nitrogens with two attached hydrogens (primary N) is 1. The van der Waals surface area contributed by atoms with Gasteiger partial charge in [0.25, 0.3) is 5.91 Å². The number of rotatable bonds is 6. The molecule has 0 saturated carbocycles. The molecule has 6 nitrogen and oxygen atoms in total. The van der Waals surface area contributed by atoms with Gasteiger partial charge in [-0.1, -0.05) is 15.9 Å². The lowest BCUT2D eigenvalue weighted by Gasteiger charge is -2.13. The summed E-state index contributed by atoms with van der Waals surface area (Å²) in [4.78, 5) is 12.0. The Kier molecular flexibility index (Phi) is 6.51. The lowest BCUT2D eigenvalue weighted by atomic mass is 10.2. The predicted molar refractivity (Wildman–Crippen MR) is 86.0 cm³/mol. The standard InChI is InChI=1S/C12H17BrN2O4S2/c1-8(3-4-20(2)17)15-12(16)9-5-10(13)7-11(6-9)21(14,18)19/h5-8H,3-4H2,1-2H3,(H,15,16)(H2,14,18,19). The maximum absolute atomic E-state index is 12.1. The van der Waals surface area contributed by atoms with Crippen LogP contribution >= 0.6 is 15.9 Å². The first-order chi connectivity index (χ1) is 9.59. The average Bonchev–Trinajstić information content (AvgIpc) is 2.34. The number of hydrogen-bond donors (Lipinski definition) is 2. The van der Waals surface area contributed by atoms with Gasteiger partial charge in [0.2, 0.25) is 10.0 Å². The van der Waals surface area contributed by atoms with Gasteiger partial charge in [0.05, 0.1) is 4.90 Å². The molecule has 2 atom stereocenters. The largest absolute Gasteiger partial charge is 0.350 e. The van der Waals surface area contributed by atoms with E-state index < -0.39 is 26.7 Å². The van der Waals surface area contributed by atoms with Gasteiger partial charge in [-0.2, -0.15) is 0 Å². The number of amides is 1. The highest BCUT2D eigenvalue weighted by Crippen LogP contribution is 2.19. The number of primary sulfonamides is 1. The Morgan fingerprint density at radius 2 is 2.05 bits per heavy atom. The first kappa shape index (κ1) is 18.3. The van der Waals surface area contributed by atoms with Gasteiger partial charge in [-0.15, -0.1) is 0 Å². The maximum atomic E-state index is 12.1. The summed E-state index contributed by atoms with van der Waals surface area (Å²) in [5.41, 5.74) is 0.192. The third kappa shape index (κ3) is 6.25. The molecule has 1 aromatic carbocycles. The Bertz CT molecular complexity index is 661. The van der Waals surface area contributed by atoms with E-state index >= 15 is 0 Å². The van der Waals surface area contributed by atoms with Gasteiger partial charge in [-0.25, -0.2) is 13.6 Å². The van der Waals surface area contributed by atoms with Crippen molar-refractivity contribution >= 4 is 42.7 Å². The van der Waals surface area contributed by atoms with Gasteiger partial charge in [0.1, 0.15) is 0 Å². The van der Waals surface area contributed by atoms with Crippen molar-refractivity contribution in [1.82, 2.24) is 5.32 Å². The minimum Gasteiger partial charge on any atom is -0.350 e. The monoisotopic (exact) mass is 396 g/mol. The highest BCUT2D eigenvalue weighted by atomic mass is 79.9. The summed E-state index contributed by atoms with van der Waals surface area (Å²) < 4.78 is 34.2. The van der Waals surface area contributed by atoms with Crippen LogP contribution in [0, 0.1) is 0 Å². The fraction of sp³-hybridized carbons (Fsp3) is 0.417. The lowest BCUT2D eigenvalue weighted by Crippen LogP contribution is -2.33. The van der Waals surface area contributed by atoms with Crippen molar-refractivity contribution in [1.29, 1.82) is 0 Å². The lowest BCUT2D eigenvalue weighted by molar-refractivity contribution is 0.0939. The summed E-state index contributed by atoms with van der Waals surface area (Å²) in [5.74, 6) is 0.0816. The van der Waals surface area contributed by atoms with Gasteiger partial charge in [-0.05, 0) is 31.5 Å².